The Bertz CT molecular complexity index is 1520. The second-order valence-electron chi connectivity index (χ2n) is 9.26. The molecule has 0 aliphatic carbocycles. The first-order chi connectivity index (χ1) is 19.1. The first kappa shape index (κ1) is 28.1. The molecule has 0 bridgehead atoms. The number of hydrogen-bond donors (Lipinski definition) is 2. The monoisotopic (exact) mass is 638 g/mol. The molecule has 14 heteroatoms. The molecule has 1 aliphatic rings. The molecule has 4 aromatic rings. The van der Waals surface area contributed by atoms with Gasteiger partial charge in [-0.05, 0) is 59.1 Å². The fraction of sp³-hybridized carbons (Fsp3) is 0.308. The molecule has 40 heavy (non-hydrogen) atoms. The highest BCUT2D eigenvalue weighted by Gasteiger charge is 2.31. The number of aliphatic hydroxyl groups excluding tert-OH is 1. The fourth-order valence-electron chi connectivity index (χ4n) is 4.69. The number of alkyl halides is 4. The zero-order valence-electron chi connectivity index (χ0n) is 20.8. The number of piperidine rings is 1. The predicted molar refractivity (Wildman–Crippen MR) is 146 cm³/mol. The maximum atomic E-state index is 12.4. The average Bonchev–Trinajstić information content (AvgIpc) is 3.38. The second-order valence-corrected chi connectivity index (χ2v) is 10.4. The fourth-order valence-corrected chi connectivity index (χ4v) is 5.40. The van der Waals surface area contributed by atoms with Crippen molar-refractivity contribution in [1.29, 1.82) is 0 Å². The van der Waals surface area contributed by atoms with E-state index >= 15 is 0 Å². The Morgan fingerprint density at radius 3 is 2.42 bits per heavy atom. The summed E-state index contributed by atoms with van der Waals surface area (Å²) < 4.78 is 43.4. The Morgan fingerprint density at radius 1 is 1.15 bits per heavy atom. The van der Waals surface area contributed by atoms with Crippen LogP contribution in [0.25, 0.3) is 28.0 Å². The van der Waals surface area contributed by atoms with E-state index in [1.807, 2.05) is 6.07 Å². The Labute approximate surface area is 239 Å². The zero-order chi connectivity index (χ0) is 28.6. The van der Waals surface area contributed by atoms with Crippen molar-refractivity contribution in [3.63, 3.8) is 0 Å². The van der Waals surface area contributed by atoms with Crippen molar-refractivity contribution < 1.29 is 27.8 Å². The Balaban J connectivity index is 1.38. The minimum Gasteiger partial charge on any atom is -0.406 e. The van der Waals surface area contributed by atoms with Crippen LogP contribution in [-0.2, 0) is 4.79 Å². The summed E-state index contributed by atoms with van der Waals surface area (Å²) in [5.74, 6) is -0.438. The van der Waals surface area contributed by atoms with Gasteiger partial charge in [0.1, 0.15) is 17.7 Å². The van der Waals surface area contributed by atoms with E-state index in [1.165, 1.54) is 28.8 Å². The van der Waals surface area contributed by atoms with E-state index in [0.29, 0.717) is 58.7 Å². The molecule has 0 saturated carbocycles. The van der Waals surface area contributed by atoms with Gasteiger partial charge in [0.05, 0.1) is 27.9 Å². The van der Waals surface area contributed by atoms with E-state index in [1.54, 1.807) is 23.4 Å². The van der Waals surface area contributed by atoms with E-state index in [0.717, 1.165) is 11.3 Å². The van der Waals surface area contributed by atoms with Gasteiger partial charge in [-0.3, -0.25) is 9.78 Å². The molecule has 1 atom stereocenters. The molecule has 1 amide bonds. The van der Waals surface area contributed by atoms with Crippen molar-refractivity contribution in [1.82, 2.24) is 24.5 Å². The smallest absolute Gasteiger partial charge is 0.406 e. The third-order valence-corrected chi connectivity index (χ3v) is 7.84. The first-order valence-electron chi connectivity index (χ1n) is 12.2. The summed E-state index contributed by atoms with van der Waals surface area (Å²) in [6.45, 7) is 0.912. The van der Waals surface area contributed by atoms with Crippen LogP contribution >= 0.6 is 27.5 Å². The largest absolute Gasteiger partial charge is 0.573 e. The van der Waals surface area contributed by atoms with Crippen molar-refractivity contribution in [2.75, 3.05) is 24.7 Å². The molecule has 0 radical (unpaired) electrons. The number of halogens is 5. The number of nitrogen functional groups attached to an aromatic ring is 1. The molecule has 1 aliphatic heterocycles. The van der Waals surface area contributed by atoms with Crippen LogP contribution < -0.4 is 10.5 Å². The number of amides is 1. The maximum Gasteiger partial charge on any atom is 0.573 e. The normalized spacial score (nSPS) is 15.4. The van der Waals surface area contributed by atoms with E-state index < -0.39 is 12.5 Å². The summed E-state index contributed by atoms with van der Waals surface area (Å²) in [4.78, 5) is 23.3. The maximum absolute atomic E-state index is 12.4. The van der Waals surface area contributed by atoms with Gasteiger partial charge in [-0.2, -0.15) is 9.61 Å². The molecule has 210 valence electrons. The van der Waals surface area contributed by atoms with Crippen molar-refractivity contribution in [2.45, 2.75) is 31.2 Å². The number of aromatic nitrogens is 4. The van der Waals surface area contributed by atoms with Crippen LogP contribution in [0.15, 0.2) is 53.3 Å². The number of fused-ring (bicyclic) bond motifs is 1. The van der Waals surface area contributed by atoms with E-state index in [4.69, 9.17) is 22.3 Å². The number of rotatable bonds is 6. The third-order valence-electron chi connectivity index (χ3n) is 6.73. The number of likely N-dealkylation sites (tertiary alicyclic amines) is 1. The summed E-state index contributed by atoms with van der Waals surface area (Å²) >= 11 is 9.19. The molecule has 9 nitrogen and oxygen atoms in total. The van der Waals surface area contributed by atoms with Crippen molar-refractivity contribution in [3.8, 4) is 28.1 Å². The number of nitrogens with two attached hydrogens (primary N) is 1. The number of carbonyl (C=O) groups excluding carboxylic acids is 1. The van der Waals surface area contributed by atoms with Crippen LogP contribution in [0.4, 0.5) is 19.0 Å². The SMILES string of the molecule is Nc1c(Br)c(C2CCN(C(=O)C(O)CCl)CC2)nc2c(-c3ccc(-c4ccc(OC(F)(F)F)cc4)nc3)cnn12. The van der Waals surface area contributed by atoms with Gasteiger partial charge in [-0.15, -0.1) is 24.8 Å². The molecule has 3 aromatic heterocycles. The molecule has 0 spiro atoms. The molecule has 1 saturated heterocycles. The van der Waals surface area contributed by atoms with Crippen molar-refractivity contribution in [2.24, 2.45) is 0 Å². The lowest BCUT2D eigenvalue weighted by Gasteiger charge is -2.33. The van der Waals surface area contributed by atoms with Crippen LogP contribution in [0.5, 0.6) is 5.75 Å². The number of carbonyl (C=O) groups is 1. The third kappa shape index (κ3) is 5.72. The van der Waals surface area contributed by atoms with Gasteiger partial charge in [0.15, 0.2) is 5.65 Å². The summed E-state index contributed by atoms with van der Waals surface area (Å²) in [6.07, 6.45) is -1.43. The minimum atomic E-state index is -4.76. The lowest BCUT2D eigenvalue weighted by molar-refractivity contribution is -0.274. The van der Waals surface area contributed by atoms with Crippen LogP contribution in [0.2, 0.25) is 0 Å². The van der Waals surface area contributed by atoms with Crippen LogP contribution in [-0.4, -0.2) is 66.9 Å². The van der Waals surface area contributed by atoms with Gasteiger partial charge in [0.25, 0.3) is 5.91 Å². The Hall–Kier alpha value is -3.42. The van der Waals surface area contributed by atoms with Gasteiger partial charge in [-0.1, -0.05) is 6.07 Å². The quantitative estimate of drug-likeness (QED) is 0.285. The topological polar surface area (TPSA) is 119 Å². The number of anilines is 1. The molecule has 1 aromatic carbocycles. The van der Waals surface area contributed by atoms with E-state index in [9.17, 15) is 23.1 Å². The molecular formula is C26H23BrClF3N6O3. The highest BCUT2D eigenvalue weighted by atomic mass is 79.9. The van der Waals surface area contributed by atoms with Gasteiger partial charge in [-0.25, -0.2) is 4.98 Å². The highest BCUT2D eigenvalue weighted by molar-refractivity contribution is 9.10. The molecular weight excluding hydrogens is 617 g/mol. The summed E-state index contributed by atoms with van der Waals surface area (Å²) in [5, 5.41) is 14.2. The molecule has 3 N–H and O–H groups in total. The van der Waals surface area contributed by atoms with Crippen LogP contribution in [0.3, 0.4) is 0 Å². The second kappa shape index (κ2) is 11.2. The van der Waals surface area contributed by atoms with E-state index in [-0.39, 0.29) is 23.5 Å². The number of hydrogen-bond acceptors (Lipinski definition) is 7. The van der Waals surface area contributed by atoms with Crippen LogP contribution in [0, 0.1) is 0 Å². The number of benzene rings is 1. The van der Waals surface area contributed by atoms with Gasteiger partial charge < -0.3 is 20.5 Å². The molecule has 1 unspecified atom stereocenters. The summed E-state index contributed by atoms with van der Waals surface area (Å²) in [7, 11) is 0. The van der Waals surface area contributed by atoms with Crippen molar-refractivity contribution >= 4 is 44.9 Å². The predicted octanol–water partition coefficient (Wildman–Crippen LogP) is 5.01. The Kier molecular flexibility index (Phi) is 7.89. The van der Waals surface area contributed by atoms with E-state index in [2.05, 4.69) is 30.7 Å². The number of nitrogens with zero attached hydrogens (tertiary/aromatic N) is 5. The van der Waals surface area contributed by atoms with Crippen molar-refractivity contribution in [3.05, 3.63) is 59.0 Å². The highest BCUT2D eigenvalue weighted by Crippen LogP contribution is 2.37. The summed E-state index contributed by atoms with van der Waals surface area (Å²) in [5.41, 5.74) is 10.3. The minimum absolute atomic E-state index is 0.0198. The summed E-state index contributed by atoms with van der Waals surface area (Å²) in [6, 6.07) is 9.04. The lowest BCUT2D eigenvalue weighted by atomic mass is 9.93. The van der Waals surface area contributed by atoms with Crippen LogP contribution in [0.1, 0.15) is 24.5 Å². The van der Waals surface area contributed by atoms with Gasteiger partial charge in [0, 0.05) is 41.9 Å². The number of aliphatic hydroxyl groups is 1. The van der Waals surface area contributed by atoms with Gasteiger partial charge in [0.2, 0.25) is 0 Å². The zero-order valence-corrected chi connectivity index (χ0v) is 23.1. The number of ether oxygens (including phenoxy) is 1. The Morgan fingerprint density at radius 2 is 1.82 bits per heavy atom. The molecule has 1 fully saturated rings. The standard InChI is InChI=1S/C26H23BrClF3N6O3/c27-21-22(15-7-9-36(10-8-15)25(39)20(38)11-28)35-24-18(13-34-37(24)23(21)32)16-3-6-19(33-12-16)14-1-4-17(5-2-14)40-26(29,30)31/h1-6,12-13,15,20,38H,7-11,32H2. The van der Waals surface area contributed by atoms with Gasteiger partial charge >= 0.3 is 6.36 Å². The average molecular weight is 640 g/mol. The molecule has 5 rings (SSSR count). The first-order valence-corrected chi connectivity index (χ1v) is 13.6. The molecule has 4 heterocycles. The lowest BCUT2D eigenvalue weighted by Crippen LogP contribution is -2.44. The number of pyridine rings is 1.